The lowest BCUT2D eigenvalue weighted by Crippen LogP contribution is -2.23. The molecule has 1 aromatic heterocycles. The Kier molecular flexibility index (Phi) is 6.74. The minimum Gasteiger partial charge on any atom is -0.481 e. The first kappa shape index (κ1) is 20.3. The number of nitrogens with one attached hydrogen (secondary N) is 1. The lowest BCUT2D eigenvalue weighted by Gasteiger charge is -2.23. The van der Waals surface area contributed by atoms with Crippen LogP contribution in [0.1, 0.15) is 41.7 Å². The molecular formula is C24H24N2O3. The van der Waals surface area contributed by atoms with Crippen molar-refractivity contribution in [2.24, 2.45) is 5.92 Å². The molecule has 5 nitrogen and oxygen atoms in total. The zero-order valence-electron chi connectivity index (χ0n) is 16.3. The van der Waals surface area contributed by atoms with Gasteiger partial charge < -0.3 is 5.11 Å². The molecule has 0 amide bonds. The number of aliphatic carboxylic acids is 1. The normalized spacial score (nSPS) is 17.8. The number of allylic oxidation sites excluding steroid dienone is 2. The van der Waals surface area contributed by atoms with Crippen LogP contribution in [0.2, 0.25) is 0 Å². The SMILES string of the molecule is CC(=O)c1ccccc1.O=C(O)C1CC=CCC1c1cc(-c2ccccc2)n[nH]1. The highest BCUT2D eigenvalue weighted by Gasteiger charge is 2.31. The maximum atomic E-state index is 11.3. The number of aromatic amines is 1. The number of aromatic nitrogens is 2. The van der Waals surface area contributed by atoms with Crippen LogP contribution < -0.4 is 0 Å². The van der Waals surface area contributed by atoms with Gasteiger partial charge in [-0.25, -0.2) is 0 Å². The van der Waals surface area contributed by atoms with Crippen molar-refractivity contribution in [1.29, 1.82) is 0 Å². The summed E-state index contributed by atoms with van der Waals surface area (Å²) in [6.07, 6.45) is 5.32. The van der Waals surface area contributed by atoms with Gasteiger partial charge in [0.05, 0.1) is 11.6 Å². The Balaban J connectivity index is 0.000000224. The Hall–Kier alpha value is -3.47. The van der Waals surface area contributed by atoms with Crippen LogP contribution in [0.15, 0.2) is 78.9 Å². The molecule has 5 heteroatoms. The van der Waals surface area contributed by atoms with E-state index in [1.807, 2.05) is 78.9 Å². The van der Waals surface area contributed by atoms with Gasteiger partial charge in [0.15, 0.2) is 5.78 Å². The number of H-pyrrole nitrogens is 1. The van der Waals surface area contributed by atoms with E-state index < -0.39 is 5.97 Å². The van der Waals surface area contributed by atoms with Gasteiger partial charge in [0.2, 0.25) is 0 Å². The molecule has 1 heterocycles. The topological polar surface area (TPSA) is 83.1 Å². The second kappa shape index (κ2) is 9.64. The molecule has 2 aromatic carbocycles. The largest absolute Gasteiger partial charge is 0.481 e. The van der Waals surface area contributed by atoms with Crippen LogP contribution in [0.5, 0.6) is 0 Å². The highest BCUT2D eigenvalue weighted by Crippen LogP contribution is 2.35. The molecule has 1 aliphatic rings. The van der Waals surface area contributed by atoms with Crippen LogP contribution in [-0.2, 0) is 4.79 Å². The summed E-state index contributed by atoms with van der Waals surface area (Å²) in [6.45, 7) is 1.56. The first-order chi connectivity index (χ1) is 14.1. The number of carboxylic acid groups (broad SMARTS) is 1. The predicted octanol–water partition coefficient (Wildman–Crippen LogP) is 5.10. The van der Waals surface area contributed by atoms with Gasteiger partial charge in [-0.05, 0) is 25.8 Å². The van der Waals surface area contributed by atoms with Crippen molar-refractivity contribution < 1.29 is 14.7 Å². The first-order valence-corrected chi connectivity index (χ1v) is 9.60. The lowest BCUT2D eigenvalue weighted by molar-refractivity contribution is -0.142. The number of hydrogen-bond acceptors (Lipinski definition) is 3. The Morgan fingerprint density at radius 1 is 0.966 bits per heavy atom. The van der Waals surface area contributed by atoms with Gasteiger partial charge in [0, 0.05) is 22.7 Å². The highest BCUT2D eigenvalue weighted by atomic mass is 16.4. The van der Waals surface area contributed by atoms with Gasteiger partial charge in [0.25, 0.3) is 0 Å². The second-order valence-electron chi connectivity index (χ2n) is 6.99. The van der Waals surface area contributed by atoms with Crippen molar-refractivity contribution in [1.82, 2.24) is 10.2 Å². The number of hydrogen-bond donors (Lipinski definition) is 2. The number of Topliss-reactive ketones (excluding diaryl/α,β-unsaturated/α-hetero) is 1. The minimum atomic E-state index is -0.741. The average Bonchev–Trinajstić information content (AvgIpc) is 3.26. The van der Waals surface area contributed by atoms with E-state index in [-0.39, 0.29) is 17.6 Å². The molecule has 2 atom stereocenters. The molecule has 148 valence electrons. The molecule has 0 aliphatic heterocycles. The van der Waals surface area contributed by atoms with Gasteiger partial charge >= 0.3 is 5.97 Å². The molecule has 4 rings (SSSR count). The summed E-state index contributed by atoms with van der Waals surface area (Å²) >= 11 is 0. The van der Waals surface area contributed by atoms with Crippen LogP contribution in [-0.4, -0.2) is 27.1 Å². The molecule has 0 saturated carbocycles. The standard InChI is InChI=1S/C16H16N2O2.C8H8O/c19-16(20)13-9-5-4-8-12(13)15-10-14(17-18-15)11-6-2-1-3-7-11;1-7(9)8-5-3-2-4-6-8/h1-7,10,12-13H,8-9H2,(H,17,18)(H,19,20);2-6H,1H3. The van der Waals surface area contributed by atoms with Crippen LogP contribution in [0, 0.1) is 5.92 Å². The Labute approximate surface area is 170 Å². The number of carboxylic acids is 1. The fourth-order valence-electron chi connectivity index (χ4n) is 3.39. The van der Waals surface area contributed by atoms with Crippen LogP contribution >= 0.6 is 0 Å². The fraction of sp³-hybridized carbons (Fsp3) is 0.208. The summed E-state index contributed by atoms with van der Waals surface area (Å²) in [7, 11) is 0. The van der Waals surface area contributed by atoms with Crippen molar-refractivity contribution in [3.05, 3.63) is 90.1 Å². The number of carbonyl (C=O) groups is 2. The molecule has 0 spiro atoms. The van der Waals surface area contributed by atoms with Crippen molar-refractivity contribution in [2.75, 3.05) is 0 Å². The van der Waals surface area contributed by atoms with E-state index >= 15 is 0 Å². The summed E-state index contributed by atoms with van der Waals surface area (Å²) < 4.78 is 0. The summed E-state index contributed by atoms with van der Waals surface area (Å²) in [4.78, 5) is 22.0. The summed E-state index contributed by atoms with van der Waals surface area (Å²) in [5.74, 6) is -1.02. The summed E-state index contributed by atoms with van der Waals surface area (Å²) in [5, 5.41) is 16.7. The van der Waals surface area contributed by atoms with E-state index in [0.29, 0.717) is 6.42 Å². The third-order valence-electron chi connectivity index (χ3n) is 5.00. The van der Waals surface area contributed by atoms with E-state index in [1.165, 1.54) is 0 Å². The quantitative estimate of drug-likeness (QED) is 0.481. The molecule has 1 aliphatic carbocycles. The fourth-order valence-corrected chi connectivity index (χ4v) is 3.39. The van der Waals surface area contributed by atoms with E-state index in [0.717, 1.165) is 28.9 Å². The second-order valence-corrected chi connectivity index (χ2v) is 6.99. The van der Waals surface area contributed by atoms with E-state index in [1.54, 1.807) is 6.92 Å². The number of ketones is 1. The minimum absolute atomic E-state index is 0.0255. The molecule has 3 aromatic rings. The zero-order chi connectivity index (χ0) is 20.6. The van der Waals surface area contributed by atoms with Crippen molar-refractivity contribution in [3.8, 4) is 11.3 Å². The van der Waals surface area contributed by atoms with E-state index in [9.17, 15) is 14.7 Å². The monoisotopic (exact) mass is 388 g/mol. The van der Waals surface area contributed by atoms with Crippen molar-refractivity contribution >= 4 is 11.8 Å². The van der Waals surface area contributed by atoms with Crippen molar-refractivity contribution in [2.45, 2.75) is 25.7 Å². The molecule has 0 bridgehead atoms. The van der Waals surface area contributed by atoms with Crippen LogP contribution in [0.4, 0.5) is 0 Å². The first-order valence-electron chi connectivity index (χ1n) is 9.60. The highest BCUT2D eigenvalue weighted by molar-refractivity contribution is 5.93. The smallest absolute Gasteiger partial charge is 0.307 e. The molecule has 2 unspecified atom stereocenters. The number of carbonyl (C=O) groups excluding carboxylic acids is 1. The average molecular weight is 388 g/mol. The third kappa shape index (κ3) is 5.29. The third-order valence-corrected chi connectivity index (χ3v) is 5.00. The molecule has 0 fully saturated rings. The maximum Gasteiger partial charge on any atom is 0.307 e. The summed E-state index contributed by atoms with van der Waals surface area (Å²) in [6, 6.07) is 21.1. The Morgan fingerprint density at radius 3 is 2.17 bits per heavy atom. The Morgan fingerprint density at radius 2 is 1.59 bits per heavy atom. The van der Waals surface area contributed by atoms with Crippen LogP contribution in [0.25, 0.3) is 11.3 Å². The van der Waals surface area contributed by atoms with Gasteiger partial charge in [-0.1, -0.05) is 72.8 Å². The Bertz CT molecular complexity index is 978. The van der Waals surface area contributed by atoms with Gasteiger partial charge in [-0.3, -0.25) is 14.7 Å². The lowest BCUT2D eigenvalue weighted by atomic mass is 9.81. The zero-order valence-corrected chi connectivity index (χ0v) is 16.3. The molecule has 0 saturated heterocycles. The number of nitrogens with zero attached hydrogens (tertiary/aromatic N) is 1. The van der Waals surface area contributed by atoms with E-state index in [4.69, 9.17) is 0 Å². The maximum absolute atomic E-state index is 11.3. The summed E-state index contributed by atoms with van der Waals surface area (Å²) in [5.41, 5.74) is 3.57. The van der Waals surface area contributed by atoms with Gasteiger partial charge in [0.1, 0.15) is 0 Å². The van der Waals surface area contributed by atoms with Gasteiger partial charge in [-0.2, -0.15) is 5.10 Å². The number of rotatable bonds is 4. The molecule has 29 heavy (non-hydrogen) atoms. The van der Waals surface area contributed by atoms with E-state index in [2.05, 4.69) is 10.2 Å². The molecular weight excluding hydrogens is 364 g/mol. The number of benzene rings is 2. The predicted molar refractivity (Wildman–Crippen MR) is 113 cm³/mol. The van der Waals surface area contributed by atoms with Gasteiger partial charge in [-0.15, -0.1) is 0 Å². The molecule has 2 N–H and O–H groups in total. The van der Waals surface area contributed by atoms with Crippen molar-refractivity contribution in [3.63, 3.8) is 0 Å². The van der Waals surface area contributed by atoms with Crippen LogP contribution in [0.3, 0.4) is 0 Å². The molecule has 0 radical (unpaired) electrons.